The van der Waals surface area contributed by atoms with Gasteiger partial charge in [-0.1, -0.05) is 0 Å². The van der Waals surface area contributed by atoms with E-state index >= 15 is 0 Å². The highest BCUT2D eigenvalue weighted by Crippen LogP contribution is 2.08. The molecule has 70 valence electrons. The number of pyridine rings is 1. The van der Waals surface area contributed by atoms with Crippen LogP contribution in [0.15, 0.2) is 24.5 Å². The van der Waals surface area contributed by atoms with Crippen molar-refractivity contribution in [3.8, 4) is 0 Å². The third kappa shape index (κ3) is 2.52. The number of aromatic nitrogens is 1. The molecule has 1 N–H and O–H groups in total. The molecule has 0 aromatic carbocycles. The van der Waals surface area contributed by atoms with Crippen molar-refractivity contribution in [3.63, 3.8) is 0 Å². The second kappa shape index (κ2) is 4.57. The Morgan fingerprint density at radius 2 is 2.46 bits per heavy atom. The first kappa shape index (κ1) is 9.67. The maximum Gasteiger partial charge on any atom is 0.240 e. The molecule has 0 aliphatic carbocycles. The van der Waals surface area contributed by atoms with E-state index in [0.717, 1.165) is 5.69 Å². The van der Waals surface area contributed by atoms with Gasteiger partial charge in [0.05, 0.1) is 18.4 Å². The van der Waals surface area contributed by atoms with Crippen LogP contribution < -0.4 is 10.2 Å². The van der Waals surface area contributed by atoms with Crippen molar-refractivity contribution in [1.29, 1.82) is 0 Å². The maximum atomic E-state index is 11.4. The summed E-state index contributed by atoms with van der Waals surface area (Å²) in [6.07, 6.45) is 3.34. The van der Waals surface area contributed by atoms with Gasteiger partial charge in [0.25, 0.3) is 0 Å². The predicted molar refractivity (Wildman–Crippen MR) is 51.6 cm³/mol. The molecule has 4 heteroatoms. The summed E-state index contributed by atoms with van der Waals surface area (Å²) in [5.74, 6) is 0.0236. The maximum absolute atomic E-state index is 11.4. The zero-order chi connectivity index (χ0) is 9.68. The molecule has 1 amide bonds. The highest BCUT2D eigenvalue weighted by Gasteiger charge is 2.08. The lowest BCUT2D eigenvalue weighted by Gasteiger charge is -2.16. The molecular formula is C9H13N3O. The Labute approximate surface area is 77.6 Å². The lowest BCUT2D eigenvalue weighted by Crippen LogP contribution is -2.34. The van der Waals surface area contributed by atoms with Crippen LogP contribution in [0.4, 0.5) is 5.69 Å². The van der Waals surface area contributed by atoms with Gasteiger partial charge < -0.3 is 10.2 Å². The van der Waals surface area contributed by atoms with Crippen LogP contribution in [0.2, 0.25) is 0 Å². The summed E-state index contributed by atoms with van der Waals surface area (Å²) in [6.45, 7) is 0.339. The zero-order valence-corrected chi connectivity index (χ0v) is 7.82. The van der Waals surface area contributed by atoms with Gasteiger partial charge in [0.2, 0.25) is 5.91 Å². The first-order valence-electron chi connectivity index (χ1n) is 4.07. The van der Waals surface area contributed by atoms with E-state index in [-0.39, 0.29) is 5.91 Å². The SMILES string of the molecule is CNCC(=O)N(C)c1cccnc1. The monoisotopic (exact) mass is 179 g/mol. The molecule has 4 nitrogen and oxygen atoms in total. The molecule has 0 aliphatic rings. The van der Waals surface area contributed by atoms with E-state index < -0.39 is 0 Å². The summed E-state index contributed by atoms with van der Waals surface area (Å²) in [4.78, 5) is 16.9. The van der Waals surface area contributed by atoms with Gasteiger partial charge >= 0.3 is 0 Å². The van der Waals surface area contributed by atoms with E-state index in [2.05, 4.69) is 10.3 Å². The number of carbonyl (C=O) groups is 1. The number of amides is 1. The Balaban J connectivity index is 2.68. The molecule has 1 aromatic heterocycles. The van der Waals surface area contributed by atoms with Crippen LogP contribution in [0.3, 0.4) is 0 Å². The molecular weight excluding hydrogens is 166 g/mol. The second-order valence-electron chi connectivity index (χ2n) is 2.69. The largest absolute Gasteiger partial charge is 0.313 e. The van der Waals surface area contributed by atoms with Crippen molar-refractivity contribution in [3.05, 3.63) is 24.5 Å². The molecule has 0 bridgehead atoms. The van der Waals surface area contributed by atoms with E-state index in [4.69, 9.17) is 0 Å². The average Bonchev–Trinajstić information content (AvgIpc) is 2.18. The van der Waals surface area contributed by atoms with Crippen molar-refractivity contribution in [1.82, 2.24) is 10.3 Å². The van der Waals surface area contributed by atoms with E-state index in [1.807, 2.05) is 6.07 Å². The van der Waals surface area contributed by atoms with Crippen LogP contribution in [0.25, 0.3) is 0 Å². The fraction of sp³-hybridized carbons (Fsp3) is 0.333. The van der Waals surface area contributed by atoms with Gasteiger partial charge in [-0.2, -0.15) is 0 Å². The standard InChI is InChI=1S/C9H13N3O/c1-10-7-9(13)12(2)8-4-3-5-11-6-8/h3-6,10H,7H2,1-2H3. The number of hydrogen-bond acceptors (Lipinski definition) is 3. The third-order valence-electron chi connectivity index (χ3n) is 1.74. The number of hydrogen-bond donors (Lipinski definition) is 1. The Morgan fingerprint density at radius 1 is 1.69 bits per heavy atom. The van der Waals surface area contributed by atoms with Gasteiger partial charge in [-0.15, -0.1) is 0 Å². The smallest absolute Gasteiger partial charge is 0.240 e. The van der Waals surface area contributed by atoms with Crippen LogP contribution in [-0.4, -0.2) is 31.5 Å². The normalized spacial score (nSPS) is 9.69. The molecule has 0 spiro atoms. The molecule has 0 saturated heterocycles. The molecule has 0 saturated carbocycles. The molecule has 0 unspecified atom stereocenters. The Hall–Kier alpha value is -1.42. The molecule has 0 fully saturated rings. The molecule has 1 heterocycles. The summed E-state index contributed by atoms with van der Waals surface area (Å²) >= 11 is 0. The first-order chi connectivity index (χ1) is 6.25. The minimum absolute atomic E-state index is 0.0236. The molecule has 1 aromatic rings. The van der Waals surface area contributed by atoms with Gasteiger partial charge in [-0.05, 0) is 19.2 Å². The number of likely N-dealkylation sites (N-methyl/N-ethyl adjacent to an activating group) is 2. The van der Waals surface area contributed by atoms with Crippen molar-refractivity contribution in [2.75, 3.05) is 25.5 Å². The molecule has 13 heavy (non-hydrogen) atoms. The molecule has 0 atom stereocenters. The lowest BCUT2D eigenvalue weighted by molar-refractivity contribution is -0.117. The van der Waals surface area contributed by atoms with Crippen molar-refractivity contribution in [2.24, 2.45) is 0 Å². The highest BCUT2D eigenvalue weighted by atomic mass is 16.2. The van der Waals surface area contributed by atoms with Gasteiger partial charge in [0.15, 0.2) is 0 Å². The van der Waals surface area contributed by atoms with E-state index in [1.165, 1.54) is 0 Å². The van der Waals surface area contributed by atoms with Gasteiger partial charge in [0, 0.05) is 13.2 Å². The van der Waals surface area contributed by atoms with E-state index in [9.17, 15) is 4.79 Å². The van der Waals surface area contributed by atoms with Crippen LogP contribution in [-0.2, 0) is 4.79 Å². The Morgan fingerprint density at radius 3 is 3.00 bits per heavy atom. The van der Waals surface area contributed by atoms with Crippen LogP contribution in [0.1, 0.15) is 0 Å². The van der Waals surface area contributed by atoms with Crippen molar-refractivity contribution >= 4 is 11.6 Å². The van der Waals surface area contributed by atoms with Crippen molar-refractivity contribution < 1.29 is 4.79 Å². The summed E-state index contributed by atoms with van der Waals surface area (Å²) in [6, 6.07) is 3.65. The average molecular weight is 179 g/mol. The predicted octanol–water partition coefficient (Wildman–Crippen LogP) is 0.264. The first-order valence-corrected chi connectivity index (χ1v) is 4.07. The second-order valence-corrected chi connectivity index (χ2v) is 2.69. The molecule has 0 radical (unpaired) electrons. The zero-order valence-electron chi connectivity index (χ0n) is 7.82. The number of carbonyl (C=O) groups excluding carboxylic acids is 1. The van der Waals surface area contributed by atoms with E-state index in [1.54, 1.807) is 37.5 Å². The van der Waals surface area contributed by atoms with Gasteiger partial charge in [-0.25, -0.2) is 0 Å². The number of nitrogens with zero attached hydrogens (tertiary/aromatic N) is 2. The summed E-state index contributed by atoms with van der Waals surface area (Å²) in [5.41, 5.74) is 0.808. The van der Waals surface area contributed by atoms with Crippen LogP contribution >= 0.6 is 0 Å². The fourth-order valence-corrected chi connectivity index (χ4v) is 0.966. The summed E-state index contributed by atoms with van der Waals surface area (Å²) < 4.78 is 0. The van der Waals surface area contributed by atoms with Crippen LogP contribution in [0.5, 0.6) is 0 Å². The third-order valence-corrected chi connectivity index (χ3v) is 1.74. The Bertz CT molecular complexity index is 273. The topological polar surface area (TPSA) is 45.2 Å². The summed E-state index contributed by atoms with van der Waals surface area (Å²) in [7, 11) is 3.48. The fourth-order valence-electron chi connectivity index (χ4n) is 0.966. The molecule has 0 aliphatic heterocycles. The minimum Gasteiger partial charge on any atom is -0.313 e. The number of rotatable bonds is 3. The number of nitrogens with one attached hydrogen (secondary N) is 1. The quantitative estimate of drug-likeness (QED) is 0.724. The summed E-state index contributed by atoms with van der Waals surface area (Å²) in [5, 5.41) is 2.81. The minimum atomic E-state index is 0.0236. The van der Waals surface area contributed by atoms with Crippen LogP contribution in [0, 0.1) is 0 Å². The van der Waals surface area contributed by atoms with E-state index in [0.29, 0.717) is 6.54 Å². The van der Waals surface area contributed by atoms with Gasteiger partial charge in [-0.3, -0.25) is 9.78 Å². The Kier molecular flexibility index (Phi) is 3.40. The molecule has 1 rings (SSSR count). The number of anilines is 1. The lowest BCUT2D eigenvalue weighted by atomic mass is 10.4. The van der Waals surface area contributed by atoms with Crippen molar-refractivity contribution in [2.45, 2.75) is 0 Å². The van der Waals surface area contributed by atoms with Gasteiger partial charge in [0.1, 0.15) is 0 Å². The highest BCUT2D eigenvalue weighted by molar-refractivity contribution is 5.93.